The number of aliphatic hydroxyl groups excluding tert-OH is 4. The van der Waals surface area contributed by atoms with E-state index in [1.807, 2.05) is 12.2 Å². The highest BCUT2D eigenvalue weighted by Gasteiger charge is 2.44. The van der Waals surface area contributed by atoms with Crippen molar-refractivity contribution < 1.29 is 49.0 Å². The molecule has 1 heterocycles. The lowest BCUT2D eigenvalue weighted by atomic mass is 9.99. The van der Waals surface area contributed by atoms with Gasteiger partial charge in [0.2, 0.25) is 0 Å². The van der Waals surface area contributed by atoms with Crippen molar-refractivity contribution >= 4 is 11.9 Å². The average Bonchev–Trinajstić information content (AvgIpc) is 3.21. The number of hydrogen-bond donors (Lipinski definition) is 4. The summed E-state index contributed by atoms with van der Waals surface area (Å²) in [7, 11) is 0. The Balaban J connectivity index is 2.40. The first-order valence-electron chi connectivity index (χ1n) is 22.4. The first-order valence-corrected chi connectivity index (χ1v) is 22.4. The zero-order valence-corrected chi connectivity index (χ0v) is 35.6. The Labute approximate surface area is 345 Å². The molecule has 0 bridgehead atoms. The predicted octanol–water partition coefficient (Wildman–Crippen LogP) is 9.44. The fourth-order valence-corrected chi connectivity index (χ4v) is 6.31. The van der Waals surface area contributed by atoms with Gasteiger partial charge in [0.25, 0.3) is 0 Å². The molecule has 1 saturated heterocycles. The van der Waals surface area contributed by atoms with Crippen LogP contribution in [-0.4, -0.2) is 89.0 Å². The quantitative estimate of drug-likeness (QED) is 0.0274. The molecule has 57 heavy (non-hydrogen) atoms. The molecule has 0 aromatic rings. The van der Waals surface area contributed by atoms with Crippen LogP contribution in [-0.2, 0) is 28.5 Å². The van der Waals surface area contributed by atoms with Crippen molar-refractivity contribution in [3.63, 3.8) is 0 Å². The smallest absolute Gasteiger partial charge is 0.306 e. The Hall–Kier alpha value is -2.60. The van der Waals surface area contributed by atoms with Crippen LogP contribution in [0.3, 0.4) is 0 Å². The van der Waals surface area contributed by atoms with Crippen LogP contribution in [0, 0.1) is 0 Å². The fraction of sp³-hybridized carbons (Fsp3) is 0.745. The van der Waals surface area contributed by atoms with Crippen LogP contribution >= 0.6 is 0 Å². The van der Waals surface area contributed by atoms with Crippen LogP contribution in [0.4, 0.5) is 0 Å². The Morgan fingerprint density at radius 3 is 1.60 bits per heavy atom. The van der Waals surface area contributed by atoms with E-state index in [9.17, 15) is 30.0 Å². The van der Waals surface area contributed by atoms with Crippen molar-refractivity contribution in [1.82, 2.24) is 0 Å². The van der Waals surface area contributed by atoms with Gasteiger partial charge in [0.05, 0.1) is 13.2 Å². The van der Waals surface area contributed by atoms with Crippen LogP contribution in [0.2, 0.25) is 0 Å². The van der Waals surface area contributed by atoms with Crippen LogP contribution in [0.5, 0.6) is 0 Å². The maximum atomic E-state index is 12.7. The van der Waals surface area contributed by atoms with E-state index in [-0.39, 0.29) is 26.1 Å². The summed E-state index contributed by atoms with van der Waals surface area (Å²) in [5, 5.41) is 40.0. The molecule has 4 N–H and O–H groups in total. The van der Waals surface area contributed by atoms with Gasteiger partial charge in [0.1, 0.15) is 31.0 Å². The second-order valence-electron chi connectivity index (χ2n) is 15.1. The number of hydrogen-bond acceptors (Lipinski definition) is 10. The van der Waals surface area contributed by atoms with Gasteiger partial charge in [0, 0.05) is 12.8 Å². The van der Waals surface area contributed by atoms with Crippen LogP contribution in [0.25, 0.3) is 0 Å². The van der Waals surface area contributed by atoms with Crippen LogP contribution < -0.4 is 0 Å². The maximum absolute atomic E-state index is 12.7. The van der Waals surface area contributed by atoms with E-state index in [1.54, 1.807) is 0 Å². The minimum absolute atomic E-state index is 0.133. The van der Waals surface area contributed by atoms with Gasteiger partial charge in [-0.3, -0.25) is 9.59 Å². The van der Waals surface area contributed by atoms with Gasteiger partial charge in [-0.05, 0) is 64.2 Å². The van der Waals surface area contributed by atoms with E-state index in [0.717, 1.165) is 44.9 Å². The molecule has 328 valence electrons. The van der Waals surface area contributed by atoms with Crippen LogP contribution in [0.15, 0.2) is 60.8 Å². The van der Waals surface area contributed by atoms with Gasteiger partial charge >= 0.3 is 11.9 Å². The summed E-state index contributed by atoms with van der Waals surface area (Å²) in [5.74, 6) is -0.932. The monoisotopic (exact) mass is 805 g/mol. The molecule has 1 aliphatic rings. The van der Waals surface area contributed by atoms with Gasteiger partial charge in [-0.15, -0.1) is 0 Å². The summed E-state index contributed by atoms with van der Waals surface area (Å²) in [4.78, 5) is 25.3. The SMILES string of the molecule is CCCCC/C=C/C/C=C/C/C=C/C/C=C/CCCC(=O)OC[C@@H](CO[C@H]1O[C@@H](CO)[C@@H](O)C(O)C1O)OC(=O)CC/C=C/CCCCCCCCCCCCC. The van der Waals surface area contributed by atoms with Crippen molar-refractivity contribution in [3.8, 4) is 0 Å². The maximum Gasteiger partial charge on any atom is 0.306 e. The Morgan fingerprint density at radius 2 is 1.02 bits per heavy atom. The zero-order valence-electron chi connectivity index (χ0n) is 35.6. The van der Waals surface area contributed by atoms with Crippen molar-refractivity contribution in [2.45, 2.75) is 205 Å². The fourth-order valence-electron chi connectivity index (χ4n) is 6.31. The molecule has 10 heteroatoms. The van der Waals surface area contributed by atoms with E-state index in [4.69, 9.17) is 18.9 Å². The summed E-state index contributed by atoms with van der Waals surface area (Å²) in [5.41, 5.74) is 0. The molecule has 1 fully saturated rings. The number of esters is 2. The molecule has 0 aromatic carbocycles. The van der Waals surface area contributed by atoms with Gasteiger partial charge in [-0.2, -0.15) is 0 Å². The number of rotatable bonds is 36. The molecular weight excluding hydrogens is 725 g/mol. The first kappa shape index (κ1) is 52.4. The summed E-state index contributed by atoms with van der Waals surface area (Å²) < 4.78 is 22.0. The van der Waals surface area contributed by atoms with E-state index < -0.39 is 55.4 Å². The number of unbranched alkanes of at least 4 members (excludes halogenated alkanes) is 15. The second kappa shape index (κ2) is 37.7. The second-order valence-corrected chi connectivity index (χ2v) is 15.1. The molecule has 0 saturated carbocycles. The highest BCUT2D eigenvalue weighted by molar-refractivity contribution is 5.70. The Morgan fingerprint density at radius 1 is 0.544 bits per heavy atom. The molecule has 10 nitrogen and oxygen atoms in total. The number of ether oxygens (including phenoxy) is 4. The lowest BCUT2D eigenvalue weighted by Crippen LogP contribution is -2.59. The van der Waals surface area contributed by atoms with Gasteiger partial charge in [0.15, 0.2) is 12.4 Å². The lowest BCUT2D eigenvalue weighted by Gasteiger charge is -2.39. The van der Waals surface area contributed by atoms with Crippen molar-refractivity contribution in [3.05, 3.63) is 60.8 Å². The molecule has 2 unspecified atom stereocenters. The summed E-state index contributed by atoms with van der Waals surface area (Å²) in [6, 6.07) is 0. The minimum Gasteiger partial charge on any atom is -0.462 e. The average molecular weight is 805 g/mol. The van der Waals surface area contributed by atoms with Crippen molar-refractivity contribution in [2.75, 3.05) is 19.8 Å². The molecule has 1 rings (SSSR count). The molecule has 0 aromatic heterocycles. The predicted molar refractivity (Wildman–Crippen MR) is 228 cm³/mol. The van der Waals surface area contributed by atoms with E-state index >= 15 is 0 Å². The summed E-state index contributed by atoms with van der Waals surface area (Å²) in [6.45, 7) is 3.29. The van der Waals surface area contributed by atoms with Crippen molar-refractivity contribution in [2.24, 2.45) is 0 Å². The zero-order chi connectivity index (χ0) is 41.6. The third-order valence-electron chi connectivity index (χ3n) is 9.89. The Kier molecular flexibility index (Phi) is 34.6. The lowest BCUT2D eigenvalue weighted by molar-refractivity contribution is -0.305. The number of carbonyl (C=O) groups excluding carboxylic acids is 2. The number of allylic oxidation sites excluding steroid dienone is 10. The Bertz CT molecular complexity index is 1110. The molecule has 0 aliphatic carbocycles. The molecular formula is C47H80O10. The standard InChI is InChI=1S/C47H80O10/c1-3-5-7-9-11-13-15-17-19-20-22-23-25-27-29-31-33-35-42(49)54-38-40(39-55-47-46(53)45(52)44(51)41(37-48)57-47)56-43(50)36-34-32-30-28-26-24-21-18-16-14-12-10-8-6-4-2/h11,13,17,19,22-23,27,29-30,32,40-41,44-48,51-53H,3-10,12,14-16,18,20-21,24-26,28,31,33-39H2,1-2H3/b13-11+,19-17+,23-22+,29-27+,32-30+/t40-,41-,44+,45?,46?,47-/m0/s1. The third kappa shape index (κ3) is 29.3. The normalized spacial score (nSPS) is 20.8. The van der Waals surface area contributed by atoms with Crippen molar-refractivity contribution in [1.29, 1.82) is 0 Å². The summed E-state index contributed by atoms with van der Waals surface area (Å²) in [6.07, 6.45) is 38.1. The van der Waals surface area contributed by atoms with Gasteiger partial charge in [-0.25, -0.2) is 0 Å². The summed E-state index contributed by atoms with van der Waals surface area (Å²) >= 11 is 0. The minimum atomic E-state index is -1.61. The number of carbonyl (C=O) groups is 2. The van der Waals surface area contributed by atoms with E-state index in [0.29, 0.717) is 12.8 Å². The van der Waals surface area contributed by atoms with Gasteiger partial charge in [-0.1, -0.05) is 152 Å². The largest absolute Gasteiger partial charge is 0.462 e. The third-order valence-corrected chi connectivity index (χ3v) is 9.89. The molecule has 0 spiro atoms. The highest BCUT2D eigenvalue weighted by Crippen LogP contribution is 2.22. The topological polar surface area (TPSA) is 152 Å². The van der Waals surface area contributed by atoms with Gasteiger partial charge < -0.3 is 39.4 Å². The van der Waals surface area contributed by atoms with E-state index in [1.165, 1.54) is 83.5 Å². The van der Waals surface area contributed by atoms with E-state index in [2.05, 4.69) is 62.5 Å². The number of aliphatic hydroxyl groups is 4. The molecule has 1 aliphatic heterocycles. The highest BCUT2D eigenvalue weighted by atomic mass is 16.7. The molecule has 0 amide bonds. The molecule has 6 atom stereocenters. The molecule has 0 radical (unpaired) electrons. The first-order chi connectivity index (χ1) is 27.8. The van der Waals surface area contributed by atoms with Crippen LogP contribution in [0.1, 0.15) is 168 Å².